The van der Waals surface area contributed by atoms with E-state index in [0.717, 1.165) is 88.5 Å². The van der Waals surface area contributed by atoms with Gasteiger partial charge in [-0.05, 0) is 180 Å². The summed E-state index contributed by atoms with van der Waals surface area (Å²) in [5.74, 6) is 2.71. The Morgan fingerprint density at radius 1 is 0.302 bits per heavy atom. The minimum absolute atomic E-state index is 0. The van der Waals surface area contributed by atoms with Crippen LogP contribution >= 0.6 is 0 Å². The minimum atomic E-state index is -0.333. The molecule has 18 aromatic rings. The normalized spacial score (nSPS) is 10.2. The molecule has 10 heterocycles. The van der Waals surface area contributed by atoms with E-state index < -0.39 is 0 Å². The fourth-order valence-electron chi connectivity index (χ4n) is 12.5. The van der Waals surface area contributed by atoms with Crippen molar-refractivity contribution in [2.75, 3.05) is 0 Å². The van der Waals surface area contributed by atoms with Crippen molar-refractivity contribution >= 4 is 0 Å². The molecule has 0 aliphatic rings. The van der Waals surface area contributed by atoms with Crippen LogP contribution in [0.5, 0.6) is 35.1 Å². The molecular formula is C89H84N32O12Y6-6. The summed E-state index contributed by atoms with van der Waals surface area (Å²) < 4.78 is 48.7. The Morgan fingerprint density at radius 3 is 0.921 bits per heavy atom. The van der Waals surface area contributed by atoms with Crippen LogP contribution in [0.25, 0.3) is 34.1 Å². The molecule has 50 heteroatoms. The maximum atomic E-state index is 12.1. The van der Waals surface area contributed by atoms with E-state index in [1.54, 1.807) is 97.0 Å². The number of tetrazole rings is 6. The van der Waals surface area contributed by atoms with Gasteiger partial charge in [0.1, 0.15) is 25.7 Å². The summed E-state index contributed by atoms with van der Waals surface area (Å²) in [6, 6.07) is 59.8. The van der Waals surface area contributed by atoms with Crippen LogP contribution in [-0.4, -0.2) is 159 Å². The predicted molar refractivity (Wildman–Crippen MR) is 473 cm³/mol. The van der Waals surface area contributed by atoms with Gasteiger partial charge in [-0.2, -0.15) is 104 Å². The number of ether oxygens (including phenoxy) is 6. The van der Waals surface area contributed by atoms with Crippen LogP contribution in [0, 0.1) is 85.6 Å². The van der Waals surface area contributed by atoms with E-state index in [1.807, 2.05) is 176 Å². The second-order valence-electron chi connectivity index (χ2n) is 28.8. The number of benzene rings is 8. The molecule has 8 aromatic carbocycles. The van der Waals surface area contributed by atoms with Gasteiger partial charge in [-0.1, -0.05) is 98.2 Å². The van der Waals surface area contributed by atoms with Crippen LogP contribution in [0.3, 0.4) is 0 Å². The quantitative estimate of drug-likeness (QED) is 0.0685. The summed E-state index contributed by atoms with van der Waals surface area (Å²) in [7, 11) is 9.33. The Bertz CT molecular complexity index is 6520. The van der Waals surface area contributed by atoms with Crippen LogP contribution in [0.4, 0.5) is 0 Å². The number of aromatic nitrogens is 32. The standard InChI is InChI=1S/C17H17N4O2.C16H15N4O2.C15H14N5O2.2C14H13N6O2.C13H12N7O2.6Y/c1-12-7-9-14(10-8-12)23-11-15-13(2)5-4-6-16(15)21-17(22)20(3)18-19-21;1-12-7-6-10-15(20-16(21)19(2)17-18-20)14(12)11-22-13-8-4-3-5-9-13;1-11-6-5-7-13(20-15(21)19(2)17-18-20)12(11)10-22-14-8-3-4-9-16-14;1-10-4-3-5-12(20-14(21)19(2)17-18-20)11(10)9-22-13-8-15-6-7-16-13;1-10-4-3-5-12(20-14(21)19(2)17-18-20)11(10)8-22-13-6-7-15-9-16-13;1-9-4-3-5-11(20-13(21)19(2)17-18-20)10(9)6-22-12-15-7-14-8-16-12;;;;;;/h4-7,9-10H,11H2,1-3H3;3-4,6-10H,11H2,1-2H3;3-8H,10H2,1-2H3;3-6,8H,9H2,1-2H3;3-7H,8H2,1-2H3;3-5,7H,6H2,1-2H3;;;;;;/q6*-1;;;;;;. The average Bonchev–Trinajstić information content (AvgIpc) is 1.74. The van der Waals surface area contributed by atoms with E-state index in [4.69, 9.17) is 28.4 Å². The van der Waals surface area contributed by atoms with Gasteiger partial charge in [0.05, 0.1) is 65.7 Å². The van der Waals surface area contributed by atoms with E-state index >= 15 is 0 Å². The van der Waals surface area contributed by atoms with Gasteiger partial charge in [0, 0.05) is 309 Å². The zero-order chi connectivity index (χ0) is 94.0. The summed E-state index contributed by atoms with van der Waals surface area (Å²) in [4.78, 5) is 103. The zero-order valence-corrected chi connectivity index (χ0v) is 94.5. The molecule has 0 atom stereocenters. The largest absolute Gasteiger partial charge is 0.557 e. The first kappa shape index (κ1) is 115. The Kier molecular flexibility index (Phi) is 46.4. The van der Waals surface area contributed by atoms with E-state index in [9.17, 15) is 28.8 Å². The first-order valence-electron chi connectivity index (χ1n) is 40.3. The second-order valence-corrected chi connectivity index (χ2v) is 28.8. The SMILES string of the molecule is Cc1[c-]cc(OCc2c(C)cccc2-n2nnn(C)c2=O)cc1.Cc1cccc(-n2nnn(C)c2=O)c1COc1c[c-]ccc1.Cc1cccc(-n2nnn(C)c2=O)c1COc1ccc[c-]n1.Cc1cccc(-n2nnn(C)c2=O)c1COc1ccn[c-]n1.Cc1cccc(-n2nnn(C)c2=O)c1COc1cnc[c-]n1.Cc1cccc(-n2nnn(C)c2=O)c1COc1n[c-]ncn1.[Y].[Y].[Y].[Y].[Y].[Y]. The number of nitrogens with zero attached hydrogens (tertiary/aromatic N) is 32. The molecule has 0 saturated carbocycles. The molecule has 139 heavy (non-hydrogen) atoms. The van der Waals surface area contributed by atoms with Crippen LogP contribution < -0.4 is 62.6 Å². The predicted octanol–water partition coefficient (Wildman–Crippen LogP) is 5.38. The van der Waals surface area contributed by atoms with Crippen molar-refractivity contribution in [2.24, 2.45) is 42.3 Å². The molecule has 0 saturated heterocycles. The molecule has 0 spiro atoms. The molecule has 0 fully saturated rings. The number of hydrogen-bond donors (Lipinski definition) is 0. The third kappa shape index (κ3) is 30.4. The van der Waals surface area contributed by atoms with Crippen molar-refractivity contribution in [1.82, 2.24) is 159 Å². The maximum Gasteiger partial charge on any atom is 0.368 e. The maximum absolute atomic E-state index is 12.1. The van der Waals surface area contributed by atoms with Gasteiger partial charge in [0.25, 0.3) is 0 Å². The van der Waals surface area contributed by atoms with Gasteiger partial charge in [0.15, 0.2) is 6.01 Å². The molecule has 44 nitrogen and oxygen atoms in total. The molecule has 18 rings (SSSR count). The minimum Gasteiger partial charge on any atom is -0.557 e. The van der Waals surface area contributed by atoms with Crippen molar-refractivity contribution < 1.29 is 225 Å². The molecule has 0 amide bonds. The van der Waals surface area contributed by atoms with E-state index in [-0.39, 0.29) is 263 Å². The zero-order valence-electron chi connectivity index (χ0n) is 77.5. The van der Waals surface area contributed by atoms with Crippen molar-refractivity contribution in [3.63, 3.8) is 0 Å². The van der Waals surface area contributed by atoms with Crippen LogP contribution in [0.15, 0.2) is 230 Å². The third-order valence-electron chi connectivity index (χ3n) is 19.9. The summed E-state index contributed by atoms with van der Waals surface area (Å²) in [6.45, 7) is 15.3. The summed E-state index contributed by atoms with van der Waals surface area (Å²) in [5, 5.41) is 45.7. The van der Waals surface area contributed by atoms with Crippen molar-refractivity contribution in [1.29, 1.82) is 0 Å². The van der Waals surface area contributed by atoms with Gasteiger partial charge in [0.2, 0.25) is 0 Å². The molecule has 6 radical (unpaired) electrons. The topological polar surface area (TPSA) is 475 Å². The summed E-state index contributed by atoms with van der Waals surface area (Å²) >= 11 is 0. The molecule has 0 N–H and O–H groups in total. The van der Waals surface area contributed by atoms with Gasteiger partial charge in [-0.15, -0.1) is 36.5 Å². The molecule has 10 aromatic heterocycles. The fourth-order valence-corrected chi connectivity index (χ4v) is 12.5. The number of rotatable bonds is 24. The molecule has 0 bridgehead atoms. The van der Waals surface area contributed by atoms with Gasteiger partial charge >= 0.3 is 34.1 Å². The van der Waals surface area contributed by atoms with Crippen molar-refractivity contribution in [3.8, 4) is 69.3 Å². The Hall–Kier alpha value is -11.3. The van der Waals surface area contributed by atoms with Crippen LogP contribution in [0.2, 0.25) is 0 Å². The number of pyridine rings is 1. The average molecular weight is 2330 g/mol. The third-order valence-corrected chi connectivity index (χ3v) is 19.9. The van der Waals surface area contributed by atoms with Gasteiger partial charge in [-0.25, -0.2) is 28.8 Å². The van der Waals surface area contributed by atoms with E-state index in [1.165, 1.54) is 70.2 Å². The molecule has 0 aliphatic heterocycles. The van der Waals surface area contributed by atoms with Crippen LogP contribution in [-0.2, 0) is 278 Å². The van der Waals surface area contributed by atoms with Gasteiger partial charge in [-0.3, -0.25) is 4.98 Å². The summed E-state index contributed by atoms with van der Waals surface area (Å²) in [5.41, 5.74) is 14.1. The smallest absolute Gasteiger partial charge is 0.368 e. The van der Waals surface area contributed by atoms with Gasteiger partial charge < -0.3 is 63.3 Å². The monoisotopic (exact) mass is 2330 g/mol. The number of aryl methyl sites for hydroxylation is 13. The molecular weight excluding hydrogens is 2240 g/mol. The molecule has 0 aliphatic carbocycles. The first-order valence-corrected chi connectivity index (χ1v) is 40.3. The van der Waals surface area contributed by atoms with Crippen LogP contribution in [0.1, 0.15) is 72.3 Å². The van der Waals surface area contributed by atoms with Crippen molar-refractivity contribution in [2.45, 2.75) is 88.1 Å². The van der Waals surface area contributed by atoms with E-state index in [2.05, 4.69) is 140 Å². The first-order chi connectivity index (χ1) is 64.4. The Morgan fingerprint density at radius 2 is 0.633 bits per heavy atom. The van der Waals surface area contributed by atoms with E-state index in [0.29, 0.717) is 65.0 Å². The fraction of sp³-hybridized carbons (Fsp3) is 0.213. The second kappa shape index (κ2) is 56.2. The molecule has 0 unspecified atom stereocenters. The summed E-state index contributed by atoms with van der Waals surface area (Å²) in [6.07, 6.45) is 16.0. The Balaban J connectivity index is 0.000000225. The number of hydrogen-bond acceptors (Lipinski definition) is 32. The molecule has 696 valence electrons. The van der Waals surface area contributed by atoms with Crippen molar-refractivity contribution in [3.05, 3.63) is 373 Å². The Labute approximate surface area is 944 Å².